The van der Waals surface area contributed by atoms with Crippen LogP contribution in [-0.2, 0) is 0 Å². The molecule has 0 radical (unpaired) electrons. The van der Waals surface area contributed by atoms with E-state index in [-0.39, 0.29) is 0 Å². The van der Waals surface area contributed by atoms with E-state index < -0.39 is 0 Å². The third-order valence-corrected chi connectivity index (χ3v) is 4.15. The third-order valence-electron chi connectivity index (χ3n) is 4.15. The molecule has 0 aliphatic heterocycles. The van der Waals surface area contributed by atoms with E-state index in [0.29, 0.717) is 12.1 Å². The summed E-state index contributed by atoms with van der Waals surface area (Å²) in [5.41, 5.74) is 1.32. The van der Waals surface area contributed by atoms with Crippen LogP contribution in [0.3, 0.4) is 0 Å². The first kappa shape index (κ1) is 12.7. The van der Waals surface area contributed by atoms with Gasteiger partial charge in [0.25, 0.3) is 0 Å². The van der Waals surface area contributed by atoms with Crippen LogP contribution in [-0.4, -0.2) is 6.04 Å². The van der Waals surface area contributed by atoms with E-state index in [1.165, 1.54) is 31.2 Å². The molecule has 1 saturated carbocycles. The summed E-state index contributed by atoms with van der Waals surface area (Å²) in [6.45, 7) is 8.63. The number of nitrogens with one attached hydrogen (secondary N) is 1. The maximum atomic E-state index is 5.60. The molecule has 1 heterocycles. The van der Waals surface area contributed by atoms with Gasteiger partial charge in [0.05, 0.1) is 0 Å². The zero-order valence-electron chi connectivity index (χ0n) is 11.5. The van der Waals surface area contributed by atoms with Gasteiger partial charge in [0.1, 0.15) is 11.5 Å². The van der Waals surface area contributed by atoms with Crippen molar-refractivity contribution in [2.24, 2.45) is 5.92 Å². The normalized spacial score (nSPS) is 26.4. The minimum atomic E-state index is 0.410. The van der Waals surface area contributed by atoms with Gasteiger partial charge in [0, 0.05) is 17.6 Å². The van der Waals surface area contributed by atoms with Gasteiger partial charge in [-0.2, -0.15) is 0 Å². The summed E-state index contributed by atoms with van der Waals surface area (Å²) >= 11 is 0. The van der Waals surface area contributed by atoms with Crippen molar-refractivity contribution in [2.45, 2.75) is 65.5 Å². The summed E-state index contributed by atoms with van der Waals surface area (Å²) in [5, 5.41) is 3.75. The molecule has 2 nitrogen and oxygen atoms in total. The molecule has 1 aromatic heterocycles. The zero-order chi connectivity index (χ0) is 12.4. The fraction of sp³-hybridized carbons (Fsp3) is 0.733. The minimum absolute atomic E-state index is 0.410. The highest BCUT2D eigenvalue weighted by Gasteiger charge is 2.25. The lowest BCUT2D eigenvalue weighted by molar-refractivity contribution is 0.430. The molecular weight excluding hydrogens is 210 g/mol. The Kier molecular flexibility index (Phi) is 3.93. The largest absolute Gasteiger partial charge is 0.466 e. The predicted molar refractivity (Wildman–Crippen MR) is 71.2 cm³/mol. The van der Waals surface area contributed by atoms with Crippen LogP contribution in [0.1, 0.15) is 62.7 Å². The highest BCUT2D eigenvalue weighted by atomic mass is 16.3. The van der Waals surface area contributed by atoms with Crippen molar-refractivity contribution < 1.29 is 4.42 Å². The van der Waals surface area contributed by atoms with Crippen LogP contribution in [0.5, 0.6) is 0 Å². The Balaban J connectivity index is 1.93. The molecule has 0 aromatic carbocycles. The van der Waals surface area contributed by atoms with Gasteiger partial charge in [-0.05, 0) is 52.0 Å². The molecule has 0 saturated heterocycles. The summed E-state index contributed by atoms with van der Waals surface area (Å²) in [4.78, 5) is 0. The minimum Gasteiger partial charge on any atom is -0.466 e. The van der Waals surface area contributed by atoms with E-state index in [4.69, 9.17) is 4.42 Å². The van der Waals surface area contributed by atoms with Crippen LogP contribution in [0.15, 0.2) is 10.5 Å². The van der Waals surface area contributed by atoms with Crippen molar-refractivity contribution in [2.75, 3.05) is 0 Å². The number of aryl methyl sites for hydroxylation is 2. The van der Waals surface area contributed by atoms with E-state index in [0.717, 1.165) is 17.4 Å². The van der Waals surface area contributed by atoms with Gasteiger partial charge in [-0.1, -0.05) is 13.3 Å². The molecule has 1 aliphatic rings. The Morgan fingerprint density at radius 2 is 2.18 bits per heavy atom. The molecule has 1 aromatic rings. The molecule has 17 heavy (non-hydrogen) atoms. The summed E-state index contributed by atoms with van der Waals surface area (Å²) < 4.78 is 5.60. The summed E-state index contributed by atoms with van der Waals surface area (Å²) in [5.74, 6) is 3.02. The monoisotopic (exact) mass is 235 g/mol. The van der Waals surface area contributed by atoms with Crippen LogP contribution in [0, 0.1) is 19.8 Å². The topological polar surface area (TPSA) is 25.2 Å². The second-order valence-electron chi connectivity index (χ2n) is 5.54. The second-order valence-corrected chi connectivity index (χ2v) is 5.54. The van der Waals surface area contributed by atoms with Crippen molar-refractivity contribution in [3.05, 3.63) is 23.2 Å². The molecule has 2 heteroatoms. The van der Waals surface area contributed by atoms with E-state index in [1.54, 1.807) is 0 Å². The molecule has 3 atom stereocenters. The maximum absolute atomic E-state index is 5.60. The number of furan rings is 1. The van der Waals surface area contributed by atoms with Gasteiger partial charge in [-0.3, -0.25) is 0 Å². The van der Waals surface area contributed by atoms with Crippen molar-refractivity contribution in [1.29, 1.82) is 0 Å². The molecule has 1 aliphatic carbocycles. The average Bonchev–Trinajstić information content (AvgIpc) is 2.85. The fourth-order valence-electron chi connectivity index (χ4n) is 3.12. The first-order valence-corrected chi connectivity index (χ1v) is 6.93. The van der Waals surface area contributed by atoms with Crippen LogP contribution in [0.2, 0.25) is 0 Å². The Morgan fingerprint density at radius 1 is 1.41 bits per heavy atom. The first-order chi connectivity index (χ1) is 8.10. The molecule has 0 amide bonds. The SMILES string of the molecule is CCC1CCC(NC(C)c2cc(C)oc2C)C1. The van der Waals surface area contributed by atoms with Gasteiger partial charge in [-0.25, -0.2) is 0 Å². The highest BCUT2D eigenvalue weighted by Crippen LogP contribution is 2.30. The Hall–Kier alpha value is -0.760. The summed E-state index contributed by atoms with van der Waals surface area (Å²) in [6.07, 6.45) is 5.40. The Morgan fingerprint density at radius 3 is 2.71 bits per heavy atom. The van der Waals surface area contributed by atoms with Gasteiger partial charge < -0.3 is 9.73 Å². The molecular formula is C15H25NO. The molecule has 1 fully saturated rings. The van der Waals surface area contributed by atoms with Gasteiger partial charge in [0.2, 0.25) is 0 Å². The highest BCUT2D eigenvalue weighted by molar-refractivity contribution is 5.23. The second kappa shape index (κ2) is 5.26. The van der Waals surface area contributed by atoms with E-state index in [9.17, 15) is 0 Å². The third kappa shape index (κ3) is 2.92. The van der Waals surface area contributed by atoms with Crippen LogP contribution < -0.4 is 5.32 Å². The molecule has 2 rings (SSSR count). The lowest BCUT2D eigenvalue weighted by Gasteiger charge is -2.19. The summed E-state index contributed by atoms with van der Waals surface area (Å²) in [7, 11) is 0. The first-order valence-electron chi connectivity index (χ1n) is 6.93. The van der Waals surface area contributed by atoms with E-state index in [1.807, 2.05) is 6.92 Å². The van der Waals surface area contributed by atoms with Crippen LogP contribution >= 0.6 is 0 Å². The van der Waals surface area contributed by atoms with Gasteiger partial charge in [-0.15, -0.1) is 0 Å². The molecule has 0 bridgehead atoms. The number of hydrogen-bond acceptors (Lipinski definition) is 2. The molecule has 96 valence electrons. The molecule has 3 unspecified atom stereocenters. The van der Waals surface area contributed by atoms with Crippen molar-refractivity contribution >= 4 is 0 Å². The fourth-order valence-corrected chi connectivity index (χ4v) is 3.12. The average molecular weight is 235 g/mol. The van der Waals surface area contributed by atoms with E-state index in [2.05, 4.69) is 32.2 Å². The lowest BCUT2D eigenvalue weighted by Crippen LogP contribution is -2.29. The van der Waals surface area contributed by atoms with Gasteiger partial charge in [0.15, 0.2) is 0 Å². The molecule has 1 N–H and O–H groups in total. The van der Waals surface area contributed by atoms with Crippen molar-refractivity contribution in [1.82, 2.24) is 5.32 Å². The van der Waals surface area contributed by atoms with E-state index >= 15 is 0 Å². The van der Waals surface area contributed by atoms with Crippen molar-refractivity contribution in [3.63, 3.8) is 0 Å². The Bertz CT molecular complexity index is 369. The maximum Gasteiger partial charge on any atom is 0.105 e. The smallest absolute Gasteiger partial charge is 0.105 e. The van der Waals surface area contributed by atoms with Crippen LogP contribution in [0.25, 0.3) is 0 Å². The predicted octanol–water partition coefficient (Wildman–Crippen LogP) is 4.13. The summed E-state index contributed by atoms with van der Waals surface area (Å²) in [6, 6.07) is 3.27. The number of hydrogen-bond donors (Lipinski definition) is 1. The molecule has 0 spiro atoms. The van der Waals surface area contributed by atoms with Crippen LogP contribution in [0.4, 0.5) is 0 Å². The Labute approximate surface area is 105 Å². The standard InChI is InChI=1S/C15H25NO/c1-5-13-6-7-14(9-13)16-11(3)15-8-10(2)17-12(15)4/h8,11,13-14,16H,5-7,9H2,1-4H3. The quantitative estimate of drug-likeness (QED) is 0.849. The zero-order valence-corrected chi connectivity index (χ0v) is 11.5. The van der Waals surface area contributed by atoms with Crippen molar-refractivity contribution in [3.8, 4) is 0 Å². The number of rotatable bonds is 4. The van der Waals surface area contributed by atoms with Gasteiger partial charge >= 0.3 is 0 Å². The lowest BCUT2D eigenvalue weighted by atomic mass is 10.0.